The smallest absolute Gasteiger partial charge is 0.549 e. The number of carboxylic acids is 2. The summed E-state index contributed by atoms with van der Waals surface area (Å²) in [6.45, 7) is -0.929. The van der Waals surface area contributed by atoms with Crippen LogP contribution in [0.25, 0.3) is 0 Å². The standard InChI is InChI=1S/C4H7NO4.Zn/c6-3(7)1-5-2-4(8)9;/h5H,1-2H2,(H,6,7)(H,8,9);/q;+2/p-2. The minimum atomic E-state index is -1.34. The van der Waals surface area contributed by atoms with Gasteiger partial charge in [-0.1, -0.05) is 0 Å². The van der Waals surface area contributed by atoms with Crippen LogP contribution >= 0.6 is 0 Å². The summed E-state index contributed by atoms with van der Waals surface area (Å²) in [5.74, 6) is -2.67. The fourth-order valence-corrected chi connectivity index (χ4v) is 0.267. The van der Waals surface area contributed by atoms with Crippen molar-refractivity contribution in [3.8, 4) is 0 Å². The molecule has 0 radical (unpaired) electrons. The molecule has 0 spiro atoms. The summed E-state index contributed by atoms with van der Waals surface area (Å²) in [7, 11) is 0. The molecule has 0 saturated heterocycles. The van der Waals surface area contributed by atoms with Gasteiger partial charge in [0.25, 0.3) is 0 Å². The van der Waals surface area contributed by atoms with Gasteiger partial charge in [0.1, 0.15) is 0 Å². The second-order valence-electron chi connectivity index (χ2n) is 1.35. The van der Waals surface area contributed by atoms with Crippen LogP contribution in [0.4, 0.5) is 0 Å². The average Bonchev–Trinajstić information content (AvgIpc) is 1.63. The van der Waals surface area contributed by atoms with E-state index in [9.17, 15) is 19.8 Å². The number of hydrogen-bond acceptors (Lipinski definition) is 5. The van der Waals surface area contributed by atoms with E-state index in [1.165, 1.54) is 0 Å². The Morgan fingerprint density at radius 3 is 1.60 bits per heavy atom. The molecule has 0 aliphatic rings. The monoisotopic (exact) mass is 195 g/mol. The molecular weight excluding hydrogens is 191 g/mol. The molecule has 10 heavy (non-hydrogen) atoms. The van der Waals surface area contributed by atoms with E-state index < -0.39 is 25.0 Å². The van der Waals surface area contributed by atoms with Crippen molar-refractivity contribution in [2.75, 3.05) is 13.1 Å². The zero-order chi connectivity index (χ0) is 7.28. The first-order valence-electron chi connectivity index (χ1n) is 2.23. The zero-order valence-corrected chi connectivity index (χ0v) is 8.22. The molecule has 0 atom stereocenters. The van der Waals surface area contributed by atoms with E-state index in [2.05, 4.69) is 5.32 Å². The molecule has 0 unspecified atom stereocenters. The van der Waals surface area contributed by atoms with Crippen LogP contribution in [0, 0.1) is 0 Å². The van der Waals surface area contributed by atoms with Gasteiger partial charge in [0.05, 0.1) is 11.9 Å². The van der Waals surface area contributed by atoms with Gasteiger partial charge in [0.2, 0.25) is 0 Å². The maximum atomic E-state index is 9.59. The maximum absolute atomic E-state index is 9.59. The summed E-state index contributed by atoms with van der Waals surface area (Å²) in [4.78, 5) is 19.2. The van der Waals surface area contributed by atoms with E-state index in [4.69, 9.17) is 0 Å². The van der Waals surface area contributed by atoms with E-state index in [-0.39, 0.29) is 19.5 Å². The fourth-order valence-electron chi connectivity index (χ4n) is 0.267. The molecule has 0 heterocycles. The summed E-state index contributed by atoms with van der Waals surface area (Å²) >= 11 is 0. The van der Waals surface area contributed by atoms with Crippen LogP contribution in [0.1, 0.15) is 0 Å². The van der Waals surface area contributed by atoms with E-state index in [0.29, 0.717) is 0 Å². The largest absolute Gasteiger partial charge is 2.00 e. The van der Waals surface area contributed by atoms with Crippen LogP contribution in [0.5, 0.6) is 0 Å². The fraction of sp³-hybridized carbons (Fsp3) is 0.500. The van der Waals surface area contributed by atoms with Gasteiger partial charge in [-0.05, 0) is 0 Å². The molecule has 1 N–H and O–H groups in total. The molecule has 0 amide bonds. The molecule has 0 aliphatic carbocycles. The first kappa shape index (κ1) is 12.2. The van der Waals surface area contributed by atoms with Crippen molar-refractivity contribution in [3.63, 3.8) is 0 Å². The van der Waals surface area contributed by atoms with Crippen molar-refractivity contribution >= 4 is 11.9 Å². The molecule has 0 bridgehead atoms. The third-order valence-electron chi connectivity index (χ3n) is 0.539. The predicted octanol–water partition coefficient (Wildman–Crippen LogP) is -3.93. The number of carbonyl (C=O) groups excluding carboxylic acids is 2. The number of carboxylic acid groups (broad SMARTS) is 2. The van der Waals surface area contributed by atoms with Gasteiger partial charge in [-0.25, -0.2) is 0 Å². The number of nitrogens with one attached hydrogen (secondary N) is 1. The van der Waals surface area contributed by atoms with Crippen LogP contribution in [-0.4, -0.2) is 25.0 Å². The Morgan fingerprint density at radius 2 is 1.40 bits per heavy atom. The van der Waals surface area contributed by atoms with Crippen molar-refractivity contribution in [3.05, 3.63) is 0 Å². The number of rotatable bonds is 4. The van der Waals surface area contributed by atoms with Gasteiger partial charge in [0.15, 0.2) is 0 Å². The predicted molar refractivity (Wildman–Crippen MR) is 22.9 cm³/mol. The van der Waals surface area contributed by atoms with Crippen LogP contribution < -0.4 is 15.5 Å². The second kappa shape index (κ2) is 6.64. The van der Waals surface area contributed by atoms with Crippen molar-refractivity contribution in [2.24, 2.45) is 0 Å². The Morgan fingerprint density at radius 1 is 1.10 bits per heavy atom. The van der Waals surface area contributed by atoms with E-state index in [0.717, 1.165) is 0 Å². The molecule has 0 aromatic carbocycles. The molecule has 0 aromatic rings. The van der Waals surface area contributed by atoms with Gasteiger partial charge in [0, 0.05) is 13.1 Å². The van der Waals surface area contributed by atoms with Gasteiger partial charge in [-0.15, -0.1) is 0 Å². The number of carbonyl (C=O) groups is 2. The third-order valence-corrected chi connectivity index (χ3v) is 0.539. The minimum absolute atomic E-state index is 0. The number of hydrogen-bond donors (Lipinski definition) is 1. The average molecular weight is 196 g/mol. The van der Waals surface area contributed by atoms with Crippen LogP contribution in [0.15, 0.2) is 0 Å². The van der Waals surface area contributed by atoms with Gasteiger partial charge in [-0.3, -0.25) is 0 Å². The summed E-state index contributed by atoms with van der Waals surface area (Å²) in [5, 5.41) is 21.2. The molecule has 0 saturated carbocycles. The second-order valence-corrected chi connectivity index (χ2v) is 1.35. The van der Waals surface area contributed by atoms with Crippen molar-refractivity contribution in [1.29, 1.82) is 0 Å². The molecule has 0 aromatic heterocycles. The molecule has 0 aliphatic heterocycles. The summed E-state index contributed by atoms with van der Waals surface area (Å²) in [6, 6.07) is 0. The quantitative estimate of drug-likeness (QED) is 0.464. The summed E-state index contributed by atoms with van der Waals surface area (Å²) < 4.78 is 0. The van der Waals surface area contributed by atoms with Crippen molar-refractivity contribution in [1.82, 2.24) is 5.32 Å². The Bertz CT molecular complexity index is 112. The summed E-state index contributed by atoms with van der Waals surface area (Å²) in [5.41, 5.74) is 0. The molecule has 5 nitrogen and oxygen atoms in total. The number of aliphatic carboxylic acids is 2. The normalized spacial score (nSPS) is 8.00. The van der Waals surface area contributed by atoms with Crippen molar-refractivity contribution in [2.45, 2.75) is 0 Å². The van der Waals surface area contributed by atoms with E-state index in [1.54, 1.807) is 0 Å². The first-order valence-corrected chi connectivity index (χ1v) is 2.23. The van der Waals surface area contributed by atoms with Gasteiger partial charge < -0.3 is 25.1 Å². The topological polar surface area (TPSA) is 92.3 Å². The van der Waals surface area contributed by atoms with Gasteiger partial charge >= 0.3 is 19.5 Å². The Labute approximate surface area is 70.2 Å². The van der Waals surface area contributed by atoms with Crippen LogP contribution in [0.2, 0.25) is 0 Å². The molecule has 6 heteroatoms. The minimum Gasteiger partial charge on any atom is -0.549 e. The first-order chi connectivity index (χ1) is 4.13. The van der Waals surface area contributed by atoms with Crippen LogP contribution in [0.3, 0.4) is 0 Å². The van der Waals surface area contributed by atoms with Gasteiger partial charge in [-0.2, -0.15) is 0 Å². The Hall–Kier alpha value is -0.477. The van der Waals surface area contributed by atoms with E-state index >= 15 is 0 Å². The summed E-state index contributed by atoms with van der Waals surface area (Å²) in [6.07, 6.45) is 0. The Kier molecular flexibility index (Phi) is 8.12. The molecule has 52 valence electrons. The molecule has 0 rings (SSSR count). The SMILES string of the molecule is O=C([O-])CNCC(=O)[O-].[Zn+2]. The molecule has 0 fully saturated rings. The zero-order valence-electron chi connectivity index (χ0n) is 5.25. The van der Waals surface area contributed by atoms with Crippen LogP contribution in [-0.2, 0) is 29.1 Å². The van der Waals surface area contributed by atoms with E-state index in [1.807, 2.05) is 0 Å². The third kappa shape index (κ3) is 10.5. The van der Waals surface area contributed by atoms with Crippen molar-refractivity contribution < 1.29 is 39.3 Å². The molecular formula is C4H5NO4Zn. The Balaban J connectivity index is 0. The maximum Gasteiger partial charge on any atom is 2.00 e.